The van der Waals surface area contributed by atoms with Gasteiger partial charge in [0.05, 0.1) is 11.7 Å². The summed E-state index contributed by atoms with van der Waals surface area (Å²) in [5.41, 5.74) is 3.83. The summed E-state index contributed by atoms with van der Waals surface area (Å²) in [6.07, 6.45) is 3.13. The largest absolute Gasteiger partial charge is 0.331 e. The fourth-order valence-electron chi connectivity index (χ4n) is 2.60. The second kappa shape index (κ2) is 7.12. The van der Waals surface area contributed by atoms with Crippen LogP contribution in [0.5, 0.6) is 0 Å². The molecule has 0 bridgehead atoms. The molecule has 2 heterocycles. The van der Waals surface area contributed by atoms with Crippen LogP contribution in [0.2, 0.25) is 0 Å². The summed E-state index contributed by atoms with van der Waals surface area (Å²) in [6.45, 7) is 5.80. The fraction of sp³-hybridized carbons (Fsp3) is 0.222. The maximum atomic E-state index is 12.2. The summed E-state index contributed by atoms with van der Waals surface area (Å²) in [4.78, 5) is 20.4. The van der Waals surface area contributed by atoms with Gasteiger partial charge in [-0.05, 0) is 56.2 Å². The molecule has 0 aliphatic carbocycles. The number of carbonyl (C=O) groups is 1. The summed E-state index contributed by atoms with van der Waals surface area (Å²) >= 11 is 0. The van der Waals surface area contributed by atoms with Crippen molar-refractivity contribution in [1.29, 1.82) is 0 Å². The minimum atomic E-state index is -0.287. The Balaban J connectivity index is 1.63. The number of carbonyl (C=O) groups excluding carboxylic acids is 1. The van der Waals surface area contributed by atoms with Gasteiger partial charge in [0.15, 0.2) is 0 Å². The Hall–Kier alpha value is -3.22. The fourth-order valence-corrected chi connectivity index (χ4v) is 2.60. The van der Waals surface area contributed by atoms with Crippen LogP contribution in [0.3, 0.4) is 0 Å². The van der Waals surface area contributed by atoms with E-state index in [2.05, 4.69) is 25.7 Å². The van der Waals surface area contributed by atoms with E-state index in [-0.39, 0.29) is 12.1 Å². The molecule has 7 heteroatoms. The SMILES string of the molecule is Cc1cc(C)nc(NC(=O)NC(C)c2ccc(-n3cncn3)cc2)c1. The number of aryl methyl sites for hydroxylation is 2. The number of anilines is 1. The first kappa shape index (κ1) is 16.6. The van der Waals surface area contributed by atoms with E-state index in [0.29, 0.717) is 5.82 Å². The van der Waals surface area contributed by atoms with E-state index in [9.17, 15) is 4.79 Å². The van der Waals surface area contributed by atoms with Crippen LogP contribution in [0.25, 0.3) is 5.69 Å². The van der Waals surface area contributed by atoms with Crippen LogP contribution in [-0.2, 0) is 0 Å². The quantitative estimate of drug-likeness (QED) is 0.766. The van der Waals surface area contributed by atoms with E-state index in [0.717, 1.165) is 22.5 Å². The van der Waals surface area contributed by atoms with Crippen molar-refractivity contribution < 1.29 is 4.79 Å². The topological polar surface area (TPSA) is 84.7 Å². The van der Waals surface area contributed by atoms with E-state index in [4.69, 9.17) is 0 Å². The zero-order chi connectivity index (χ0) is 17.8. The van der Waals surface area contributed by atoms with E-state index in [1.54, 1.807) is 11.0 Å². The Morgan fingerprint density at radius 3 is 2.56 bits per heavy atom. The van der Waals surface area contributed by atoms with Crippen LogP contribution in [-0.4, -0.2) is 25.8 Å². The first-order valence-electron chi connectivity index (χ1n) is 7.99. The van der Waals surface area contributed by atoms with Crippen LogP contribution in [0.1, 0.15) is 29.8 Å². The Morgan fingerprint density at radius 1 is 1.16 bits per heavy atom. The lowest BCUT2D eigenvalue weighted by Gasteiger charge is -2.15. The maximum absolute atomic E-state index is 12.2. The van der Waals surface area contributed by atoms with Gasteiger partial charge in [-0.2, -0.15) is 5.10 Å². The molecule has 0 saturated carbocycles. The van der Waals surface area contributed by atoms with Crippen molar-refractivity contribution in [2.45, 2.75) is 26.8 Å². The first-order chi connectivity index (χ1) is 12.0. The van der Waals surface area contributed by atoms with Crippen molar-refractivity contribution in [3.63, 3.8) is 0 Å². The molecule has 128 valence electrons. The number of amides is 2. The Kier molecular flexibility index (Phi) is 4.74. The van der Waals surface area contributed by atoms with Gasteiger partial charge < -0.3 is 5.32 Å². The van der Waals surface area contributed by atoms with E-state index >= 15 is 0 Å². The highest BCUT2D eigenvalue weighted by Gasteiger charge is 2.11. The molecule has 0 saturated heterocycles. The number of pyridine rings is 1. The molecule has 1 atom stereocenters. The molecule has 0 aliphatic rings. The second-order valence-corrected chi connectivity index (χ2v) is 5.92. The maximum Gasteiger partial charge on any atom is 0.320 e. The lowest BCUT2D eigenvalue weighted by Crippen LogP contribution is -2.31. The Bertz CT molecular complexity index is 838. The molecule has 2 amide bonds. The molecular weight excluding hydrogens is 316 g/mol. The number of rotatable bonds is 4. The molecule has 2 aromatic heterocycles. The zero-order valence-electron chi connectivity index (χ0n) is 14.4. The van der Waals surface area contributed by atoms with Crippen LogP contribution >= 0.6 is 0 Å². The number of aromatic nitrogens is 4. The summed E-state index contributed by atoms with van der Waals surface area (Å²) in [6, 6.07) is 11.2. The first-order valence-corrected chi connectivity index (χ1v) is 7.99. The average molecular weight is 336 g/mol. The third-order valence-corrected chi connectivity index (χ3v) is 3.76. The number of hydrogen-bond acceptors (Lipinski definition) is 4. The molecule has 0 aliphatic heterocycles. The van der Waals surface area contributed by atoms with Crippen molar-refractivity contribution >= 4 is 11.8 Å². The molecular formula is C18H20N6O. The molecule has 3 aromatic rings. The third-order valence-electron chi connectivity index (χ3n) is 3.76. The number of benzene rings is 1. The van der Waals surface area contributed by atoms with Gasteiger partial charge >= 0.3 is 6.03 Å². The second-order valence-electron chi connectivity index (χ2n) is 5.92. The number of urea groups is 1. The molecule has 25 heavy (non-hydrogen) atoms. The number of hydrogen-bond donors (Lipinski definition) is 2. The van der Waals surface area contributed by atoms with Crippen molar-refractivity contribution in [2.75, 3.05) is 5.32 Å². The van der Waals surface area contributed by atoms with E-state index in [1.807, 2.05) is 57.2 Å². The number of nitrogens with zero attached hydrogens (tertiary/aromatic N) is 4. The summed E-state index contributed by atoms with van der Waals surface area (Å²) in [7, 11) is 0. The molecule has 2 N–H and O–H groups in total. The molecule has 0 spiro atoms. The van der Waals surface area contributed by atoms with Crippen molar-refractivity contribution in [3.8, 4) is 5.69 Å². The molecule has 7 nitrogen and oxygen atoms in total. The normalized spacial score (nSPS) is 11.8. The lowest BCUT2D eigenvalue weighted by molar-refractivity contribution is 0.249. The van der Waals surface area contributed by atoms with Gasteiger partial charge in [0.1, 0.15) is 18.5 Å². The lowest BCUT2D eigenvalue weighted by atomic mass is 10.1. The molecule has 0 fully saturated rings. The third kappa shape index (κ3) is 4.20. The standard InChI is InChI=1S/C18H20N6O/c1-12-8-13(2)21-17(9-12)23-18(25)22-14(3)15-4-6-16(7-5-15)24-11-19-10-20-24/h4-11,14H,1-3H3,(H2,21,22,23,25). The van der Waals surface area contributed by atoms with Crippen LogP contribution in [0, 0.1) is 13.8 Å². The monoisotopic (exact) mass is 336 g/mol. The van der Waals surface area contributed by atoms with Gasteiger partial charge in [-0.15, -0.1) is 0 Å². The highest BCUT2D eigenvalue weighted by molar-refractivity contribution is 5.88. The minimum absolute atomic E-state index is 0.143. The molecule has 0 radical (unpaired) electrons. The molecule has 1 unspecified atom stereocenters. The van der Waals surface area contributed by atoms with Gasteiger partial charge in [0.25, 0.3) is 0 Å². The van der Waals surface area contributed by atoms with E-state index in [1.165, 1.54) is 6.33 Å². The smallest absolute Gasteiger partial charge is 0.320 e. The van der Waals surface area contributed by atoms with Gasteiger partial charge in [-0.3, -0.25) is 5.32 Å². The number of nitrogens with one attached hydrogen (secondary N) is 2. The van der Waals surface area contributed by atoms with Crippen molar-refractivity contribution in [1.82, 2.24) is 25.1 Å². The molecule has 3 rings (SSSR count). The Morgan fingerprint density at radius 2 is 1.92 bits per heavy atom. The van der Waals surface area contributed by atoms with Gasteiger partial charge in [0, 0.05) is 5.69 Å². The predicted molar refractivity (Wildman–Crippen MR) is 95.6 cm³/mol. The predicted octanol–water partition coefficient (Wildman–Crippen LogP) is 3.16. The highest BCUT2D eigenvalue weighted by Crippen LogP contribution is 2.16. The van der Waals surface area contributed by atoms with E-state index < -0.39 is 0 Å². The van der Waals surface area contributed by atoms with Crippen LogP contribution in [0.4, 0.5) is 10.6 Å². The van der Waals surface area contributed by atoms with Gasteiger partial charge in [0.2, 0.25) is 0 Å². The zero-order valence-corrected chi connectivity index (χ0v) is 14.4. The van der Waals surface area contributed by atoms with Gasteiger partial charge in [-0.1, -0.05) is 12.1 Å². The molecule has 1 aromatic carbocycles. The van der Waals surface area contributed by atoms with Crippen molar-refractivity contribution in [3.05, 3.63) is 65.9 Å². The summed E-state index contributed by atoms with van der Waals surface area (Å²) in [5.74, 6) is 0.545. The van der Waals surface area contributed by atoms with Crippen LogP contribution in [0.15, 0.2) is 49.1 Å². The minimum Gasteiger partial charge on any atom is -0.331 e. The Labute approximate surface area is 146 Å². The highest BCUT2D eigenvalue weighted by atomic mass is 16.2. The summed E-state index contributed by atoms with van der Waals surface area (Å²) < 4.78 is 1.68. The summed E-state index contributed by atoms with van der Waals surface area (Å²) in [5, 5.41) is 9.78. The average Bonchev–Trinajstić information content (AvgIpc) is 3.08. The van der Waals surface area contributed by atoms with Crippen molar-refractivity contribution in [2.24, 2.45) is 0 Å². The van der Waals surface area contributed by atoms with Crippen LogP contribution < -0.4 is 10.6 Å². The van der Waals surface area contributed by atoms with Gasteiger partial charge in [-0.25, -0.2) is 19.4 Å².